The van der Waals surface area contributed by atoms with E-state index in [2.05, 4.69) is 42.7 Å². The first kappa shape index (κ1) is 14.1. The number of nitrogens with one attached hydrogen (secondary N) is 1. The molecule has 1 N–H and O–H groups in total. The van der Waals surface area contributed by atoms with Crippen LogP contribution in [0.4, 0.5) is 0 Å². The van der Waals surface area contributed by atoms with Gasteiger partial charge in [-0.3, -0.25) is 0 Å². The summed E-state index contributed by atoms with van der Waals surface area (Å²) < 4.78 is 0. The molecule has 17 heavy (non-hydrogen) atoms. The molecular formula is C14H27NS2. The Bertz CT molecular complexity index is 216. The Labute approximate surface area is 115 Å². The number of hydrogen-bond donors (Lipinski definition) is 1. The minimum Gasteiger partial charge on any atom is -0.313 e. The molecule has 3 atom stereocenters. The van der Waals surface area contributed by atoms with Gasteiger partial charge in [-0.1, -0.05) is 26.7 Å². The second-order valence-corrected chi connectivity index (χ2v) is 7.91. The van der Waals surface area contributed by atoms with Crippen molar-refractivity contribution in [2.45, 2.75) is 62.5 Å². The molecule has 0 radical (unpaired) electrons. The monoisotopic (exact) mass is 273 g/mol. The molecule has 100 valence electrons. The average Bonchev–Trinajstić information content (AvgIpc) is 2.89. The van der Waals surface area contributed by atoms with Gasteiger partial charge in [0, 0.05) is 28.0 Å². The Balaban J connectivity index is 2.01. The van der Waals surface area contributed by atoms with Crippen molar-refractivity contribution in [2.75, 3.05) is 18.1 Å². The Morgan fingerprint density at radius 3 is 2.47 bits per heavy atom. The Kier molecular flexibility index (Phi) is 6.04. The molecule has 2 aliphatic rings. The van der Waals surface area contributed by atoms with E-state index >= 15 is 0 Å². The first-order valence-electron chi connectivity index (χ1n) is 7.33. The molecule has 1 saturated carbocycles. The predicted molar refractivity (Wildman–Crippen MR) is 82.2 cm³/mol. The molecule has 0 spiro atoms. The first-order chi connectivity index (χ1) is 8.36. The van der Waals surface area contributed by atoms with Crippen molar-refractivity contribution in [1.82, 2.24) is 5.32 Å². The summed E-state index contributed by atoms with van der Waals surface area (Å²) >= 11 is 4.47. The summed E-state index contributed by atoms with van der Waals surface area (Å²) in [5.41, 5.74) is 0. The molecular weight excluding hydrogens is 246 g/mol. The highest BCUT2D eigenvalue weighted by Crippen LogP contribution is 2.40. The zero-order valence-corrected chi connectivity index (χ0v) is 12.9. The second kappa shape index (κ2) is 7.30. The van der Waals surface area contributed by atoms with Crippen LogP contribution in [0.25, 0.3) is 0 Å². The summed E-state index contributed by atoms with van der Waals surface area (Å²) in [6, 6.07) is 0.783. The number of thioether (sulfide) groups is 2. The van der Waals surface area contributed by atoms with Gasteiger partial charge in [-0.25, -0.2) is 0 Å². The summed E-state index contributed by atoms with van der Waals surface area (Å²) in [7, 11) is 0. The lowest BCUT2D eigenvalue weighted by Gasteiger charge is -2.39. The van der Waals surface area contributed by atoms with Crippen molar-refractivity contribution < 1.29 is 0 Å². The Morgan fingerprint density at radius 2 is 1.82 bits per heavy atom. The van der Waals surface area contributed by atoms with Gasteiger partial charge in [0.05, 0.1) is 0 Å². The van der Waals surface area contributed by atoms with Gasteiger partial charge in [0.1, 0.15) is 0 Å². The SMILES string of the molecule is CCNC(C1CCCC1)C1SCCSC1CC. The van der Waals surface area contributed by atoms with Crippen LogP contribution >= 0.6 is 23.5 Å². The minimum absolute atomic E-state index is 0.783. The highest BCUT2D eigenvalue weighted by atomic mass is 32.2. The van der Waals surface area contributed by atoms with Gasteiger partial charge < -0.3 is 5.32 Å². The van der Waals surface area contributed by atoms with E-state index in [1.54, 1.807) is 0 Å². The van der Waals surface area contributed by atoms with Crippen molar-refractivity contribution >= 4 is 23.5 Å². The fourth-order valence-electron chi connectivity index (χ4n) is 3.37. The zero-order chi connectivity index (χ0) is 12.1. The van der Waals surface area contributed by atoms with Gasteiger partial charge in [-0.2, -0.15) is 23.5 Å². The molecule has 1 nitrogen and oxygen atoms in total. The molecule has 1 aliphatic heterocycles. The molecule has 1 aliphatic carbocycles. The summed E-state index contributed by atoms with van der Waals surface area (Å²) in [6.45, 7) is 5.77. The van der Waals surface area contributed by atoms with Crippen LogP contribution in [0.15, 0.2) is 0 Å². The van der Waals surface area contributed by atoms with Crippen molar-refractivity contribution in [3.05, 3.63) is 0 Å². The molecule has 0 bridgehead atoms. The highest BCUT2D eigenvalue weighted by Gasteiger charge is 2.36. The van der Waals surface area contributed by atoms with E-state index in [1.165, 1.54) is 43.6 Å². The van der Waals surface area contributed by atoms with E-state index in [0.29, 0.717) is 0 Å². The maximum absolute atomic E-state index is 3.82. The van der Waals surface area contributed by atoms with Crippen LogP contribution in [-0.4, -0.2) is 34.6 Å². The van der Waals surface area contributed by atoms with Gasteiger partial charge in [-0.05, 0) is 31.7 Å². The standard InChI is InChI=1S/C14H27NS2/c1-3-12-14(17-10-9-16-12)13(15-4-2)11-7-5-6-8-11/h11-15H,3-10H2,1-2H3. The topological polar surface area (TPSA) is 12.0 Å². The lowest BCUT2D eigenvalue weighted by atomic mass is 9.92. The quantitative estimate of drug-likeness (QED) is 0.818. The number of hydrogen-bond acceptors (Lipinski definition) is 3. The van der Waals surface area contributed by atoms with Crippen LogP contribution in [0.3, 0.4) is 0 Å². The van der Waals surface area contributed by atoms with Crippen LogP contribution in [0.2, 0.25) is 0 Å². The van der Waals surface area contributed by atoms with E-state index in [9.17, 15) is 0 Å². The largest absolute Gasteiger partial charge is 0.313 e. The molecule has 0 aromatic rings. The lowest BCUT2D eigenvalue weighted by Crippen LogP contribution is -2.48. The van der Waals surface area contributed by atoms with E-state index in [4.69, 9.17) is 0 Å². The van der Waals surface area contributed by atoms with Crippen LogP contribution in [0, 0.1) is 5.92 Å². The van der Waals surface area contributed by atoms with E-state index in [1.807, 2.05) is 0 Å². The highest BCUT2D eigenvalue weighted by molar-refractivity contribution is 8.07. The van der Waals surface area contributed by atoms with Gasteiger partial charge in [-0.15, -0.1) is 0 Å². The molecule has 1 heterocycles. The Morgan fingerprint density at radius 1 is 1.12 bits per heavy atom. The van der Waals surface area contributed by atoms with Crippen LogP contribution in [0.5, 0.6) is 0 Å². The smallest absolute Gasteiger partial charge is 0.0322 e. The Hall–Kier alpha value is 0.660. The van der Waals surface area contributed by atoms with Gasteiger partial charge in [0.2, 0.25) is 0 Å². The summed E-state index contributed by atoms with van der Waals surface area (Å²) in [5.74, 6) is 3.68. The van der Waals surface area contributed by atoms with E-state index in [0.717, 1.165) is 29.0 Å². The zero-order valence-electron chi connectivity index (χ0n) is 11.3. The van der Waals surface area contributed by atoms with Crippen LogP contribution in [0.1, 0.15) is 46.0 Å². The van der Waals surface area contributed by atoms with Crippen molar-refractivity contribution in [3.8, 4) is 0 Å². The van der Waals surface area contributed by atoms with E-state index in [-0.39, 0.29) is 0 Å². The van der Waals surface area contributed by atoms with Crippen LogP contribution in [-0.2, 0) is 0 Å². The third kappa shape index (κ3) is 3.57. The third-order valence-electron chi connectivity index (χ3n) is 4.20. The fraction of sp³-hybridized carbons (Fsp3) is 1.00. The van der Waals surface area contributed by atoms with Crippen LogP contribution < -0.4 is 5.32 Å². The molecule has 0 aromatic heterocycles. The average molecular weight is 274 g/mol. The molecule has 1 saturated heterocycles. The van der Waals surface area contributed by atoms with Crippen molar-refractivity contribution in [2.24, 2.45) is 5.92 Å². The molecule has 0 aromatic carbocycles. The number of rotatable bonds is 5. The third-order valence-corrected chi connectivity index (χ3v) is 7.57. The minimum atomic E-state index is 0.783. The fourth-order valence-corrected chi connectivity index (χ4v) is 6.72. The van der Waals surface area contributed by atoms with Gasteiger partial charge >= 0.3 is 0 Å². The first-order valence-corrected chi connectivity index (χ1v) is 9.43. The van der Waals surface area contributed by atoms with Crippen molar-refractivity contribution in [1.29, 1.82) is 0 Å². The van der Waals surface area contributed by atoms with E-state index < -0.39 is 0 Å². The second-order valence-electron chi connectivity index (χ2n) is 5.28. The lowest BCUT2D eigenvalue weighted by molar-refractivity contribution is 0.349. The summed E-state index contributed by atoms with van der Waals surface area (Å²) in [6.07, 6.45) is 7.21. The maximum Gasteiger partial charge on any atom is 0.0322 e. The molecule has 3 heteroatoms. The molecule has 2 fully saturated rings. The van der Waals surface area contributed by atoms with Crippen molar-refractivity contribution in [3.63, 3.8) is 0 Å². The predicted octanol–water partition coefficient (Wildman–Crippen LogP) is 3.78. The molecule has 0 amide bonds. The van der Waals surface area contributed by atoms with Gasteiger partial charge in [0.15, 0.2) is 0 Å². The molecule has 2 rings (SSSR count). The maximum atomic E-state index is 3.82. The normalized spacial score (nSPS) is 32.8. The van der Waals surface area contributed by atoms with Gasteiger partial charge in [0.25, 0.3) is 0 Å². The summed E-state index contributed by atoms with van der Waals surface area (Å²) in [5, 5.41) is 5.57. The summed E-state index contributed by atoms with van der Waals surface area (Å²) in [4.78, 5) is 0. The molecule has 3 unspecified atom stereocenters.